The highest BCUT2D eigenvalue weighted by atomic mass is 16.5. The van der Waals surface area contributed by atoms with Crippen LogP contribution in [0.15, 0.2) is 24.3 Å². The van der Waals surface area contributed by atoms with Gasteiger partial charge in [0.15, 0.2) is 0 Å². The zero-order valence-electron chi connectivity index (χ0n) is 12.6. The van der Waals surface area contributed by atoms with Gasteiger partial charge in [-0.1, -0.05) is 38.1 Å². The van der Waals surface area contributed by atoms with Crippen LogP contribution in [-0.2, 0) is 11.2 Å². The number of rotatable bonds is 3. The SMILES string of the molecule is CC(C)c1ccc(CC2(O)CCOC(C)(C)C2)cc1. The fraction of sp³-hybridized carbons (Fsp3) is 0.647. The van der Waals surface area contributed by atoms with Crippen LogP contribution < -0.4 is 0 Å². The van der Waals surface area contributed by atoms with Crippen LogP contribution in [0, 0.1) is 0 Å². The minimum absolute atomic E-state index is 0.217. The molecular formula is C17H26O2. The van der Waals surface area contributed by atoms with Crippen molar-refractivity contribution in [2.45, 2.75) is 64.1 Å². The average Bonchev–Trinajstić information content (AvgIpc) is 2.27. The van der Waals surface area contributed by atoms with Crippen LogP contribution in [0.4, 0.5) is 0 Å². The monoisotopic (exact) mass is 262 g/mol. The van der Waals surface area contributed by atoms with Crippen molar-refractivity contribution in [2.75, 3.05) is 6.61 Å². The number of hydrogen-bond donors (Lipinski definition) is 1. The lowest BCUT2D eigenvalue weighted by atomic mass is 9.80. The topological polar surface area (TPSA) is 29.5 Å². The van der Waals surface area contributed by atoms with E-state index in [4.69, 9.17) is 4.74 Å². The predicted molar refractivity (Wildman–Crippen MR) is 78.4 cm³/mol. The van der Waals surface area contributed by atoms with E-state index in [2.05, 4.69) is 52.0 Å². The number of aliphatic hydroxyl groups is 1. The first kappa shape index (κ1) is 14.5. The summed E-state index contributed by atoms with van der Waals surface area (Å²) in [6, 6.07) is 8.65. The van der Waals surface area contributed by atoms with Crippen LogP contribution in [-0.4, -0.2) is 22.9 Å². The first-order valence-corrected chi connectivity index (χ1v) is 7.25. The lowest BCUT2D eigenvalue weighted by molar-refractivity contribution is -0.143. The van der Waals surface area contributed by atoms with Gasteiger partial charge < -0.3 is 9.84 Å². The highest BCUT2D eigenvalue weighted by molar-refractivity contribution is 5.26. The molecule has 0 aromatic heterocycles. The second-order valence-corrected chi connectivity index (χ2v) is 6.83. The van der Waals surface area contributed by atoms with Crippen molar-refractivity contribution < 1.29 is 9.84 Å². The molecule has 0 saturated carbocycles. The van der Waals surface area contributed by atoms with E-state index in [0.717, 1.165) is 12.8 Å². The molecule has 1 heterocycles. The molecule has 1 aromatic rings. The Morgan fingerprint density at radius 2 is 1.84 bits per heavy atom. The highest BCUT2D eigenvalue weighted by Crippen LogP contribution is 2.34. The molecule has 2 nitrogen and oxygen atoms in total. The van der Waals surface area contributed by atoms with Gasteiger partial charge in [0, 0.05) is 12.8 Å². The van der Waals surface area contributed by atoms with Crippen molar-refractivity contribution in [1.29, 1.82) is 0 Å². The molecule has 0 spiro atoms. The Hall–Kier alpha value is -0.860. The third-order valence-corrected chi connectivity index (χ3v) is 3.99. The molecule has 0 radical (unpaired) electrons. The minimum atomic E-state index is -0.624. The smallest absolute Gasteiger partial charge is 0.0737 e. The molecule has 0 amide bonds. The Labute approximate surface area is 116 Å². The van der Waals surface area contributed by atoms with Gasteiger partial charge in [0.1, 0.15) is 0 Å². The first-order valence-electron chi connectivity index (χ1n) is 7.25. The lowest BCUT2D eigenvalue weighted by Crippen LogP contribution is -2.47. The van der Waals surface area contributed by atoms with Crippen LogP contribution in [0.5, 0.6) is 0 Å². The minimum Gasteiger partial charge on any atom is -0.389 e. The zero-order chi connectivity index (χ0) is 14.1. The van der Waals surface area contributed by atoms with E-state index in [1.165, 1.54) is 11.1 Å². The van der Waals surface area contributed by atoms with Crippen molar-refractivity contribution in [3.63, 3.8) is 0 Å². The highest BCUT2D eigenvalue weighted by Gasteiger charge is 2.39. The van der Waals surface area contributed by atoms with Gasteiger partial charge in [-0.2, -0.15) is 0 Å². The van der Waals surface area contributed by atoms with Gasteiger partial charge in [0.25, 0.3) is 0 Å². The molecular weight excluding hydrogens is 236 g/mol. The molecule has 19 heavy (non-hydrogen) atoms. The van der Waals surface area contributed by atoms with E-state index in [1.54, 1.807) is 0 Å². The quantitative estimate of drug-likeness (QED) is 0.900. The second kappa shape index (κ2) is 5.26. The van der Waals surface area contributed by atoms with Gasteiger partial charge in [-0.05, 0) is 37.3 Å². The van der Waals surface area contributed by atoms with Crippen molar-refractivity contribution >= 4 is 0 Å². The molecule has 1 saturated heterocycles. The summed E-state index contributed by atoms with van der Waals surface area (Å²) < 4.78 is 5.69. The number of benzene rings is 1. The molecule has 1 aliphatic rings. The molecule has 106 valence electrons. The van der Waals surface area contributed by atoms with Gasteiger partial charge >= 0.3 is 0 Å². The fourth-order valence-electron chi connectivity index (χ4n) is 3.00. The third kappa shape index (κ3) is 3.80. The fourth-order valence-corrected chi connectivity index (χ4v) is 3.00. The van der Waals surface area contributed by atoms with Gasteiger partial charge in [0.2, 0.25) is 0 Å². The molecule has 1 aliphatic heterocycles. The molecule has 1 atom stereocenters. The van der Waals surface area contributed by atoms with Crippen molar-refractivity contribution in [1.82, 2.24) is 0 Å². The third-order valence-electron chi connectivity index (χ3n) is 3.99. The summed E-state index contributed by atoms with van der Waals surface area (Å²) in [5.41, 5.74) is 1.72. The maximum atomic E-state index is 10.8. The number of ether oxygens (including phenoxy) is 1. The van der Waals surface area contributed by atoms with Crippen molar-refractivity contribution in [3.8, 4) is 0 Å². The molecule has 1 unspecified atom stereocenters. The van der Waals surface area contributed by atoms with E-state index in [-0.39, 0.29) is 5.60 Å². The predicted octanol–water partition coefficient (Wildman–Crippen LogP) is 3.67. The molecule has 2 heteroatoms. The normalized spacial score (nSPS) is 26.6. The average molecular weight is 262 g/mol. The molecule has 0 aliphatic carbocycles. The summed E-state index contributed by atoms with van der Waals surface area (Å²) in [6.45, 7) is 9.15. The molecule has 0 bridgehead atoms. The maximum Gasteiger partial charge on any atom is 0.0737 e. The first-order chi connectivity index (χ1) is 8.80. The molecule has 1 aromatic carbocycles. The van der Waals surface area contributed by atoms with Gasteiger partial charge in [-0.25, -0.2) is 0 Å². The Kier molecular flexibility index (Phi) is 4.03. The summed E-state index contributed by atoms with van der Waals surface area (Å²) in [7, 11) is 0. The van der Waals surface area contributed by atoms with Crippen LogP contribution in [0.1, 0.15) is 57.6 Å². The van der Waals surface area contributed by atoms with E-state index >= 15 is 0 Å². The van der Waals surface area contributed by atoms with E-state index < -0.39 is 5.60 Å². The second-order valence-electron chi connectivity index (χ2n) is 6.83. The Balaban J connectivity index is 2.07. The summed E-state index contributed by atoms with van der Waals surface area (Å²) >= 11 is 0. The van der Waals surface area contributed by atoms with Gasteiger partial charge in [-0.15, -0.1) is 0 Å². The van der Waals surface area contributed by atoms with Gasteiger partial charge in [0.05, 0.1) is 17.8 Å². The summed E-state index contributed by atoms with van der Waals surface area (Å²) in [5, 5.41) is 10.8. The van der Waals surface area contributed by atoms with Crippen LogP contribution in [0.3, 0.4) is 0 Å². The Morgan fingerprint density at radius 3 is 2.37 bits per heavy atom. The van der Waals surface area contributed by atoms with Crippen LogP contribution in [0.25, 0.3) is 0 Å². The van der Waals surface area contributed by atoms with E-state index in [0.29, 0.717) is 18.9 Å². The molecule has 1 fully saturated rings. The van der Waals surface area contributed by atoms with Gasteiger partial charge in [-0.3, -0.25) is 0 Å². The van der Waals surface area contributed by atoms with E-state index in [9.17, 15) is 5.11 Å². The van der Waals surface area contributed by atoms with E-state index in [1.807, 2.05) is 0 Å². The van der Waals surface area contributed by atoms with Crippen molar-refractivity contribution in [2.24, 2.45) is 0 Å². The Bertz CT molecular complexity index is 419. The summed E-state index contributed by atoms with van der Waals surface area (Å²) in [4.78, 5) is 0. The Morgan fingerprint density at radius 1 is 1.21 bits per heavy atom. The van der Waals surface area contributed by atoms with Crippen molar-refractivity contribution in [3.05, 3.63) is 35.4 Å². The number of hydrogen-bond acceptors (Lipinski definition) is 2. The van der Waals surface area contributed by atoms with Crippen LogP contribution in [0.2, 0.25) is 0 Å². The van der Waals surface area contributed by atoms with Crippen LogP contribution >= 0.6 is 0 Å². The summed E-state index contributed by atoms with van der Waals surface area (Å²) in [5.74, 6) is 0.555. The maximum absolute atomic E-state index is 10.8. The zero-order valence-corrected chi connectivity index (χ0v) is 12.6. The standard InChI is InChI=1S/C17H26O2/c1-13(2)15-7-5-14(6-8-15)11-17(18)9-10-19-16(3,4)12-17/h5-8,13,18H,9-12H2,1-4H3. The molecule has 2 rings (SSSR count). The molecule has 1 N–H and O–H groups in total. The summed E-state index contributed by atoms with van der Waals surface area (Å²) in [6.07, 6.45) is 2.15. The largest absolute Gasteiger partial charge is 0.389 e. The lowest BCUT2D eigenvalue weighted by Gasteiger charge is -2.41.